The number of fused-ring (bicyclic) bond motifs is 2. The fourth-order valence-corrected chi connectivity index (χ4v) is 3.83. The molecule has 2 aromatic carbocycles. The molecule has 0 spiro atoms. The summed E-state index contributed by atoms with van der Waals surface area (Å²) in [5.74, 6) is 0.121. The molecule has 2 amide bonds. The topological polar surface area (TPSA) is 99.7 Å². The molecule has 160 valence electrons. The molecule has 0 fully saturated rings. The molecule has 0 aliphatic carbocycles. The van der Waals surface area contributed by atoms with E-state index in [1.165, 1.54) is 7.11 Å². The van der Waals surface area contributed by atoms with Crippen molar-refractivity contribution in [1.82, 2.24) is 9.97 Å². The highest BCUT2D eigenvalue weighted by Crippen LogP contribution is 2.43. The van der Waals surface area contributed by atoms with Crippen LogP contribution >= 0.6 is 0 Å². The molecular weight excluding hydrogens is 394 g/mol. The Morgan fingerprint density at radius 2 is 2.00 bits per heavy atom. The van der Waals surface area contributed by atoms with E-state index in [1.807, 2.05) is 51.1 Å². The van der Waals surface area contributed by atoms with Crippen LogP contribution in [0.5, 0.6) is 0 Å². The molecule has 8 heteroatoms. The zero-order valence-electron chi connectivity index (χ0n) is 18.0. The molecule has 1 aliphatic rings. The van der Waals surface area contributed by atoms with Crippen LogP contribution in [0.4, 0.5) is 11.6 Å². The van der Waals surface area contributed by atoms with E-state index in [0.717, 1.165) is 22.5 Å². The van der Waals surface area contributed by atoms with Gasteiger partial charge in [0.25, 0.3) is 5.91 Å². The maximum atomic E-state index is 13.2. The van der Waals surface area contributed by atoms with Gasteiger partial charge >= 0.3 is 0 Å². The fraction of sp³-hybridized carbons (Fsp3) is 0.304. The molecular formula is C23H25N5O3. The van der Waals surface area contributed by atoms with Crippen molar-refractivity contribution in [3.05, 3.63) is 53.6 Å². The lowest BCUT2D eigenvalue weighted by molar-refractivity contribution is -0.121. The molecule has 31 heavy (non-hydrogen) atoms. The second kappa shape index (κ2) is 7.86. The van der Waals surface area contributed by atoms with Gasteiger partial charge in [0.05, 0.1) is 34.4 Å². The van der Waals surface area contributed by atoms with Crippen LogP contribution in [0.2, 0.25) is 0 Å². The van der Waals surface area contributed by atoms with Crippen molar-refractivity contribution >= 4 is 40.2 Å². The maximum Gasteiger partial charge on any atom is 0.257 e. The molecule has 0 saturated carbocycles. The first kappa shape index (κ1) is 20.6. The normalized spacial score (nSPS) is 15.3. The fourth-order valence-electron chi connectivity index (χ4n) is 3.83. The third-order valence-corrected chi connectivity index (χ3v) is 5.58. The number of nitrogens with one attached hydrogen (secondary N) is 2. The summed E-state index contributed by atoms with van der Waals surface area (Å²) in [6.45, 7) is 6.15. The minimum absolute atomic E-state index is 0.00464. The van der Waals surface area contributed by atoms with E-state index >= 15 is 0 Å². The zero-order valence-corrected chi connectivity index (χ0v) is 18.0. The maximum absolute atomic E-state index is 13.2. The van der Waals surface area contributed by atoms with Gasteiger partial charge in [-0.2, -0.15) is 0 Å². The van der Waals surface area contributed by atoms with E-state index in [-0.39, 0.29) is 11.8 Å². The highest BCUT2D eigenvalue weighted by molar-refractivity contribution is 6.12. The number of nitrogens with zero attached hydrogens (tertiary/aromatic N) is 3. The highest BCUT2D eigenvalue weighted by Gasteiger charge is 2.44. The number of imidazole rings is 1. The van der Waals surface area contributed by atoms with Crippen LogP contribution < -0.4 is 10.2 Å². The number of H-pyrrole nitrogens is 1. The Balaban J connectivity index is 1.69. The quantitative estimate of drug-likeness (QED) is 0.468. The summed E-state index contributed by atoms with van der Waals surface area (Å²) in [7, 11) is 1.50. The Bertz CT molecular complexity index is 1180. The van der Waals surface area contributed by atoms with Gasteiger partial charge in [0.15, 0.2) is 0 Å². The molecule has 0 unspecified atom stereocenters. The summed E-state index contributed by atoms with van der Waals surface area (Å²) in [6, 6.07) is 12.8. The van der Waals surface area contributed by atoms with Crippen molar-refractivity contribution in [1.29, 1.82) is 0 Å². The molecule has 0 atom stereocenters. The minimum atomic E-state index is -0.693. The van der Waals surface area contributed by atoms with Gasteiger partial charge in [-0.1, -0.05) is 30.3 Å². The van der Waals surface area contributed by atoms with Crippen LogP contribution in [0.15, 0.2) is 47.6 Å². The third-order valence-electron chi connectivity index (χ3n) is 5.58. The molecule has 2 N–H and O–H groups in total. The van der Waals surface area contributed by atoms with Crippen LogP contribution in [-0.2, 0) is 15.0 Å². The van der Waals surface area contributed by atoms with E-state index in [9.17, 15) is 9.59 Å². The molecule has 8 nitrogen and oxygen atoms in total. The number of hydrogen-bond acceptors (Lipinski definition) is 5. The lowest BCUT2D eigenvalue weighted by Gasteiger charge is -2.20. The van der Waals surface area contributed by atoms with E-state index in [1.54, 1.807) is 17.0 Å². The van der Waals surface area contributed by atoms with E-state index in [4.69, 9.17) is 4.84 Å². The lowest BCUT2D eigenvalue weighted by atomic mass is 9.86. The van der Waals surface area contributed by atoms with Gasteiger partial charge in [-0.15, -0.1) is 0 Å². The summed E-state index contributed by atoms with van der Waals surface area (Å²) < 4.78 is 0. The molecule has 3 aromatic rings. The number of oxime groups is 1. The monoisotopic (exact) mass is 419 g/mol. The number of carbonyl (C=O) groups excluding carboxylic acids is 2. The third kappa shape index (κ3) is 3.65. The van der Waals surface area contributed by atoms with Gasteiger partial charge in [-0.05, 0) is 50.1 Å². The summed E-state index contributed by atoms with van der Waals surface area (Å²) >= 11 is 0. The van der Waals surface area contributed by atoms with Crippen molar-refractivity contribution < 1.29 is 14.4 Å². The standard InChI is InChI=1S/C23H25N5O3/c1-5-15(27-31-4)13-28-19-12-18-17(11-16(19)23(2,3)21(28)30)24-22(25-18)26-20(29)14-9-7-6-8-10-14/h6-12H,5,13H2,1-4H3,(H2,24,25,26,29)/b27-15-. The molecule has 2 heterocycles. The van der Waals surface area contributed by atoms with Crippen molar-refractivity contribution in [2.75, 3.05) is 23.9 Å². The Hall–Kier alpha value is -3.68. The average molecular weight is 419 g/mol. The Labute approximate surface area is 180 Å². The van der Waals surface area contributed by atoms with Crippen molar-refractivity contribution in [2.24, 2.45) is 5.16 Å². The van der Waals surface area contributed by atoms with Gasteiger partial charge < -0.3 is 14.7 Å². The van der Waals surface area contributed by atoms with Crippen molar-refractivity contribution in [2.45, 2.75) is 32.6 Å². The van der Waals surface area contributed by atoms with Crippen molar-refractivity contribution in [3.8, 4) is 0 Å². The van der Waals surface area contributed by atoms with Crippen LogP contribution in [0.25, 0.3) is 11.0 Å². The number of aromatic amines is 1. The zero-order chi connectivity index (χ0) is 22.2. The molecule has 0 radical (unpaired) electrons. The van der Waals surface area contributed by atoms with Crippen LogP contribution in [-0.4, -0.2) is 41.1 Å². The Morgan fingerprint density at radius 1 is 1.26 bits per heavy atom. The summed E-state index contributed by atoms with van der Waals surface area (Å²) in [4.78, 5) is 39.9. The summed E-state index contributed by atoms with van der Waals surface area (Å²) in [5, 5.41) is 6.84. The number of carbonyl (C=O) groups is 2. The van der Waals surface area contributed by atoms with E-state index in [2.05, 4.69) is 20.4 Å². The second-order valence-corrected chi connectivity index (χ2v) is 8.00. The van der Waals surface area contributed by atoms with Gasteiger partial charge in [0.1, 0.15) is 7.11 Å². The number of rotatable bonds is 6. The predicted octanol–water partition coefficient (Wildman–Crippen LogP) is 3.85. The molecule has 4 rings (SSSR count). The van der Waals surface area contributed by atoms with Crippen LogP contribution in [0.1, 0.15) is 43.1 Å². The highest BCUT2D eigenvalue weighted by atomic mass is 16.6. The number of hydrogen-bond donors (Lipinski definition) is 2. The van der Waals surface area contributed by atoms with E-state index < -0.39 is 5.41 Å². The van der Waals surface area contributed by atoms with Gasteiger partial charge in [-0.3, -0.25) is 14.9 Å². The van der Waals surface area contributed by atoms with E-state index in [0.29, 0.717) is 30.0 Å². The first-order chi connectivity index (χ1) is 14.8. The summed E-state index contributed by atoms with van der Waals surface area (Å²) in [5.41, 5.74) is 3.76. The SMILES string of the molecule is CC/C(CN1C(=O)C(C)(C)c2cc3nc(NC(=O)c4ccccc4)[nH]c3cc21)=N/OC. The van der Waals surface area contributed by atoms with Gasteiger partial charge in [-0.25, -0.2) is 4.98 Å². The van der Waals surface area contributed by atoms with Crippen LogP contribution in [0, 0.1) is 0 Å². The summed E-state index contributed by atoms with van der Waals surface area (Å²) in [6.07, 6.45) is 0.676. The molecule has 1 aromatic heterocycles. The predicted molar refractivity (Wildman–Crippen MR) is 121 cm³/mol. The number of anilines is 2. The van der Waals surface area contributed by atoms with Gasteiger partial charge in [0.2, 0.25) is 11.9 Å². The van der Waals surface area contributed by atoms with Crippen molar-refractivity contribution in [3.63, 3.8) is 0 Å². The van der Waals surface area contributed by atoms with Gasteiger partial charge in [0, 0.05) is 5.56 Å². The minimum Gasteiger partial charge on any atom is -0.399 e. The Morgan fingerprint density at radius 3 is 2.68 bits per heavy atom. The number of amides is 2. The first-order valence-electron chi connectivity index (χ1n) is 10.2. The lowest BCUT2D eigenvalue weighted by Crippen LogP contribution is -2.39. The molecule has 0 bridgehead atoms. The molecule has 0 saturated heterocycles. The van der Waals surface area contributed by atoms with Crippen LogP contribution in [0.3, 0.4) is 0 Å². The smallest absolute Gasteiger partial charge is 0.257 e. The average Bonchev–Trinajstić information content (AvgIpc) is 3.23. The largest absolute Gasteiger partial charge is 0.399 e. The second-order valence-electron chi connectivity index (χ2n) is 8.00. The number of benzene rings is 2. The Kier molecular flexibility index (Phi) is 5.22. The number of aromatic nitrogens is 2. The first-order valence-corrected chi connectivity index (χ1v) is 10.2. The molecule has 1 aliphatic heterocycles.